The van der Waals surface area contributed by atoms with Gasteiger partial charge in [-0.15, -0.1) is 0 Å². The number of nitrogens with zero attached hydrogens (tertiary/aromatic N) is 5. The van der Waals surface area contributed by atoms with Crippen molar-refractivity contribution in [3.8, 4) is 67.3 Å². The van der Waals surface area contributed by atoms with Gasteiger partial charge in [0.1, 0.15) is 11.3 Å². The van der Waals surface area contributed by atoms with Gasteiger partial charge in [0.05, 0.1) is 34.2 Å². The van der Waals surface area contributed by atoms with Crippen LogP contribution >= 0.6 is 0 Å². The molecule has 5 aromatic heterocycles. The van der Waals surface area contributed by atoms with Gasteiger partial charge in [-0.25, -0.2) is 15.0 Å². The fourth-order valence-electron chi connectivity index (χ4n) is 9.94. The van der Waals surface area contributed by atoms with Crippen LogP contribution in [0.1, 0.15) is 48.7 Å². The van der Waals surface area contributed by atoms with Crippen molar-refractivity contribution in [3.05, 3.63) is 229 Å². The molecule has 0 N–H and O–H groups in total. The predicted octanol–water partition coefficient (Wildman–Crippen LogP) is 14.1. The molecule has 0 spiro atoms. The summed E-state index contributed by atoms with van der Waals surface area (Å²) in [6, 6.07) is 62.7. The number of rotatable bonds is 7. The molecule has 2 aliphatic carbocycles. The first-order valence-corrected chi connectivity index (χ1v) is 21.8. The van der Waals surface area contributed by atoms with Crippen LogP contribution in [0.2, 0.25) is 0 Å². The Morgan fingerprint density at radius 1 is 0.476 bits per heavy atom. The van der Waals surface area contributed by atoms with Gasteiger partial charge in [0.2, 0.25) is 0 Å². The van der Waals surface area contributed by atoms with Crippen LogP contribution in [0.15, 0.2) is 207 Å². The van der Waals surface area contributed by atoms with E-state index < -0.39 is 0 Å². The van der Waals surface area contributed by atoms with Crippen molar-refractivity contribution in [3.63, 3.8) is 0 Å². The average Bonchev–Trinajstić information content (AvgIpc) is 4.00. The second-order valence-electron chi connectivity index (χ2n) is 17.2. The lowest BCUT2D eigenvalue weighted by atomic mass is 9.81. The van der Waals surface area contributed by atoms with E-state index in [1.165, 1.54) is 33.5 Å². The molecule has 0 fully saturated rings. The molecule has 10 aromatic rings. The first-order valence-electron chi connectivity index (χ1n) is 21.8. The van der Waals surface area contributed by atoms with Crippen LogP contribution in [0.25, 0.3) is 84.2 Å². The summed E-state index contributed by atoms with van der Waals surface area (Å²) in [4.78, 5) is 15.7. The smallest absolute Gasteiger partial charge is 0.137 e. The van der Waals surface area contributed by atoms with Crippen molar-refractivity contribution >= 4 is 16.9 Å². The Morgan fingerprint density at radius 2 is 1.08 bits per heavy atom. The molecule has 1 atom stereocenters. The third kappa shape index (κ3) is 6.19. The molecule has 2 aliphatic rings. The van der Waals surface area contributed by atoms with Gasteiger partial charge < -0.3 is 4.40 Å². The molecule has 0 saturated heterocycles. The van der Waals surface area contributed by atoms with Crippen LogP contribution in [0, 0.1) is 0 Å². The van der Waals surface area contributed by atoms with Gasteiger partial charge in [0.15, 0.2) is 0 Å². The zero-order chi connectivity index (χ0) is 42.1. The second-order valence-corrected chi connectivity index (χ2v) is 17.2. The Morgan fingerprint density at radius 3 is 1.83 bits per heavy atom. The van der Waals surface area contributed by atoms with E-state index in [1.54, 1.807) is 0 Å². The van der Waals surface area contributed by atoms with Crippen LogP contribution in [0.5, 0.6) is 0 Å². The van der Waals surface area contributed by atoms with E-state index >= 15 is 0 Å². The van der Waals surface area contributed by atoms with E-state index in [1.807, 2.05) is 12.1 Å². The van der Waals surface area contributed by atoms with Crippen LogP contribution < -0.4 is 0 Å². The van der Waals surface area contributed by atoms with E-state index in [0.717, 1.165) is 79.6 Å². The van der Waals surface area contributed by atoms with Crippen molar-refractivity contribution < 1.29 is 0 Å². The number of hydrogen-bond donors (Lipinski definition) is 0. The molecule has 5 aromatic carbocycles. The largest absolute Gasteiger partial charge is 0.303 e. The lowest BCUT2D eigenvalue weighted by molar-refractivity contribution is 0.660. The standard InChI is InChI=1S/C58H43N5/c1-58(2)48-20-10-9-19-46(48)47-32-31-44(35-49(47)58)45-36-50(38-23-27-42(28-24-38)56-54(40-15-5-3-6-16-40)60-52-21-11-13-33-62(52)56)59-51(37-45)39-25-29-43(30-26-39)57-55(41-17-7-4-8-18-41)61-53-22-12-14-34-63(53)57/h3-29,31-37,43H,30H2,1-2H3. The van der Waals surface area contributed by atoms with Gasteiger partial charge in [0, 0.05) is 46.0 Å². The Bertz CT molecular complexity index is 3440. The summed E-state index contributed by atoms with van der Waals surface area (Å²) < 4.78 is 4.44. The van der Waals surface area contributed by atoms with Crippen LogP contribution in [0.3, 0.4) is 0 Å². The Balaban J connectivity index is 0.957. The van der Waals surface area contributed by atoms with E-state index in [-0.39, 0.29) is 11.3 Å². The lowest BCUT2D eigenvalue weighted by Gasteiger charge is -2.22. The average molecular weight is 810 g/mol. The number of benzene rings is 5. The highest BCUT2D eigenvalue weighted by atomic mass is 15.0. The minimum Gasteiger partial charge on any atom is -0.303 e. The third-order valence-corrected chi connectivity index (χ3v) is 13.1. The van der Waals surface area contributed by atoms with Gasteiger partial charge in [-0.2, -0.15) is 0 Å². The Kier molecular flexibility index (Phi) is 8.58. The molecule has 0 saturated carbocycles. The molecule has 5 heteroatoms. The highest BCUT2D eigenvalue weighted by Crippen LogP contribution is 2.50. The van der Waals surface area contributed by atoms with Crippen molar-refractivity contribution in [2.45, 2.75) is 31.6 Å². The molecule has 0 amide bonds. The summed E-state index contributed by atoms with van der Waals surface area (Å²) in [6.45, 7) is 4.70. The van der Waals surface area contributed by atoms with Gasteiger partial charge in [-0.05, 0) is 87.8 Å². The molecule has 0 bridgehead atoms. The van der Waals surface area contributed by atoms with Crippen molar-refractivity contribution in [2.75, 3.05) is 0 Å². The minimum absolute atomic E-state index is 0.104. The fourth-order valence-corrected chi connectivity index (χ4v) is 9.94. The van der Waals surface area contributed by atoms with Gasteiger partial charge in [-0.1, -0.05) is 166 Å². The van der Waals surface area contributed by atoms with Gasteiger partial charge in [-0.3, -0.25) is 4.40 Å². The maximum absolute atomic E-state index is 5.44. The van der Waals surface area contributed by atoms with Gasteiger partial charge in [0.25, 0.3) is 0 Å². The summed E-state index contributed by atoms with van der Waals surface area (Å²) >= 11 is 0. The maximum atomic E-state index is 5.44. The van der Waals surface area contributed by atoms with E-state index in [9.17, 15) is 0 Å². The number of fused-ring (bicyclic) bond motifs is 5. The zero-order valence-corrected chi connectivity index (χ0v) is 35.2. The lowest BCUT2D eigenvalue weighted by Crippen LogP contribution is -2.14. The van der Waals surface area contributed by atoms with E-state index in [4.69, 9.17) is 15.0 Å². The second kappa shape index (κ2) is 14.6. The zero-order valence-electron chi connectivity index (χ0n) is 35.2. The molecular formula is C58H43N5. The molecule has 1 unspecified atom stereocenters. The Hall–Kier alpha value is -7.89. The van der Waals surface area contributed by atoms with Crippen molar-refractivity contribution in [1.29, 1.82) is 0 Å². The molecule has 12 rings (SSSR count). The summed E-state index contributed by atoms with van der Waals surface area (Å²) in [6.07, 6.45) is 12.0. The molecular weight excluding hydrogens is 767 g/mol. The van der Waals surface area contributed by atoms with E-state index in [0.29, 0.717) is 0 Å². The van der Waals surface area contributed by atoms with Gasteiger partial charge >= 0.3 is 0 Å². The summed E-state index contributed by atoms with van der Waals surface area (Å²) in [7, 11) is 0. The topological polar surface area (TPSA) is 47.5 Å². The van der Waals surface area contributed by atoms with Crippen molar-refractivity contribution in [1.82, 2.24) is 23.8 Å². The SMILES string of the molecule is CC1(C)c2ccccc2-c2ccc(-c3cc(C4=CCC(c5c(-c6ccccc6)nc6ccccn56)C=C4)nc(-c4ccc(-c5c(-c6ccccc6)nc6ccccn56)cc4)c3)cc21. The number of imidazole rings is 2. The van der Waals surface area contributed by atoms with Crippen molar-refractivity contribution in [2.24, 2.45) is 0 Å². The number of allylic oxidation sites excluding steroid dienone is 4. The molecule has 300 valence electrons. The highest BCUT2D eigenvalue weighted by Gasteiger charge is 2.35. The summed E-state index contributed by atoms with van der Waals surface area (Å²) in [5, 5.41) is 0. The normalized spacial score (nSPS) is 15.1. The fraction of sp³-hybridized carbons (Fsp3) is 0.0862. The molecule has 63 heavy (non-hydrogen) atoms. The number of pyridine rings is 3. The summed E-state index contributed by atoms with van der Waals surface area (Å²) in [5.74, 6) is 0.150. The minimum atomic E-state index is -0.104. The van der Waals surface area contributed by atoms with Crippen LogP contribution in [0.4, 0.5) is 0 Å². The number of aromatic nitrogens is 5. The highest BCUT2D eigenvalue weighted by molar-refractivity contribution is 5.87. The maximum Gasteiger partial charge on any atom is 0.137 e. The molecule has 0 radical (unpaired) electrons. The molecule has 0 aliphatic heterocycles. The molecule has 5 heterocycles. The third-order valence-electron chi connectivity index (χ3n) is 13.1. The predicted molar refractivity (Wildman–Crippen MR) is 257 cm³/mol. The quantitative estimate of drug-likeness (QED) is 0.161. The first-order chi connectivity index (χ1) is 31.0. The Labute approximate surface area is 367 Å². The number of hydrogen-bond acceptors (Lipinski definition) is 3. The molecule has 5 nitrogen and oxygen atoms in total. The summed E-state index contributed by atoms with van der Waals surface area (Å²) in [5.41, 5.74) is 21.1. The first kappa shape index (κ1) is 36.9. The monoisotopic (exact) mass is 809 g/mol. The van der Waals surface area contributed by atoms with Crippen LogP contribution in [-0.2, 0) is 5.41 Å². The van der Waals surface area contributed by atoms with Crippen LogP contribution in [-0.4, -0.2) is 23.8 Å². The van der Waals surface area contributed by atoms with E-state index in [2.05, 4.69) is 217 Å².